The number of carbonyl (C=O) groups is 1. The van der Waals surface area contributed by atoms with Gasteiger partial charge in [0, 0.05) is 31.5 Å². The van der Waals surface area contributed by atoms with E-state index in [2.05, 4.69) is 14.7 Å². The lowest BCUT2D eigenvalue weighted by atomic mass is 10.1. The highest BCUT2D eigenvalue weighted by Gasteiger charge is 2.29. The Bertz CT molecular complexity index is 981. The van der Waals surface area contributed by atoms with Crippen molar-refractivity contribution < 1.29 is 13.2 Å². The zero-order chi connectivity index (χ0) is 18.7. The lowest BCUT2D eigenvalue weighted by Gasteiger charge is -2.23. The van der Waals surface area contributed by atoms with Gasteiger partial charge in [0.1, 0.15) is 5.70 Å². The highest BCUT2D eigenvalue weighted by molar-refractivity contribution is 7.88. The van der Waals surface area contributed by atoms with Gasteiger partial charge in [0.2, 0.25) is 0 Å². The molecule has 8 heteroatoms. The first kappa shape index (κ1) is 17.8. The second kappa shape index (κ2) is 7.09. The molecule has 0 saturated carbocycles. The lowest BCUT2D eigenvalue weighted by Crippen LogP contribution is -2.38. The van der Waals surface area contributed by atoms with Crippen molar-refractivity contribution in [3.8, 4) is 0 Å². The van der Waals surface area contributed by atoms with Crippen LogP contribution in [0.3, 0.4) is 0 Å². The molecule has 0 radical (unpaired) electrons. The van der Waals surface area contributed by atoms with Gasteiger partial charge in [-0.15, -0.1) is 4.40 Å². The van der Waals surface area contributed by atoms with Crippen LogP contribution in [0.4, 0.5) is 0 Å². The van der Waals surface area contributed by atoms with Gasteiger partial charge in [0.05, 0.1) is 5.71 Å². The summed E-state index contributed by atoms with van der Waals surface area (Å²) in [6.45, 7) is 2.18. The van der Waals surface area contributed by atoms with E-state index in [0.29, 0.717) is 5.56 Å². The van der Waals surface area contributed by atoms with Crippen LogP contribution in [0.15, 0.2) is 65.0 Å². The van der Waals surface area contributed by atoms with Gasteiger partial charge in [-0.25, -0.2) is 4.31 Å². The molecule has 2 heterocycles. The lowest BCUT2D eigenvalue weighted by molar-refractivity contribution is -0.118. The molecule has 0 unspecified atom stereocenters. The van der Waals surface area contributed by atoms with Crippen molar-refractivity contribution in [2.24, 2.45) is 4.40 Å². The van der Waals surface area contributed by atoms with Crippen molar-refractivity contribution in [2.45, 2.75) is 13.5 Å². The molecule has 0 spiro atoms. The molecule has 1 aromatic carbocycles. The quantitative estimate of drug-likeness (QED) is 0.884. The SMILES string of the molecule is Cc1ccc(C2=NS(=O)(=O)N(C)C(C(=O)NCc3cccnc3)=C2)cc1. The molecule has 3 rings (SSSR count). The van der Waals surface area contributed by atoms with Crippen molar-refractivity contribution in [2.75, 3.05) is 7.05 Å². The molecule has 0 atom stereocenters. The number of aromatic nitrogens is 1. The van der Waals surface area contributed by atoms with E-state index in [0.717, 1.165) is 15.4 Å². The number of pyridine rings is 1. The Labute approximate surface area is 152 Å². The fourth-order valence-electron chi connectivity index (χ4n) is 2.40. The van der Waals surface area contributed by atoms with Crippen molar-refractivity contribution in [1.82, 2.24) is 14.6 Å². The number of hydrogen-bond acceptors (Lipinski definition) is 4. The standard InChI is InChI=1S/C18H18N4O3S/c1-13-5-7-15(8-6-13)16-10-17(22(2)26(24,25)21-16)18(23)20-12-14-4-3-9-19-11-14/h3-11H,12H2,1-2H3,(H,20,23). The van der Waals surface area contributed by atoms with Crippen LogP contribution in [-0.2, 0) is 21.5 Å². The van der Waals surface area contributed by atoms with Crippen LogP contribution >= 0.6 is 0 Å². The van der Waals surface area contributed by atoms with Crippen molar-refractivity contribution >= 4 is 21.8 Å². The fraction of sp³-hybridized carbons (Fsp3) is 0.167. The van der Waals surface area contributed by atoms with Crippen LogP contribution in [0.1, 0.15) is 16.7 Å². The molecule has 1 aliphatic rings. The largest absolute Gasteiger partial charge is 0.347 e. The number of likely N-dealkylation sites (N-methyl/N-ethyl adjacent to an activating group) is 1. The molecule has 0 bridgehead atoms. The number of allylic oxidation sites excluding steroid dienone is 1. The van der Waals surface area contributed by atoms with Crippen molar-refractivity contribution in [3.63, 3.8) is 0 Å². The van der Waals surface area contributed by atoms with E-state index in [-0.39, 0.29) is 18.0 Å². The van der Waals surface area contributed by atoms with Gasteiger partial charge in [-0.2, -0.15) is 8.42 Å². The van der Waals surface area contributed by atoms with E-state index in [1.54, 1.807) is 30.6 Å². The van der Waals surface area contributed by atoms with E-state index in [1.807, 2.05) is 25.1 Å². The molecule has 26 heavy (non-hydrogen) atoms. The number of rotatable bonds is 4. The summed E-state index contributed by atoms with van der Waals surface area (Å²) in [4.78, 5) is 16.5. The van der Waals surface area contributed by atoms with Crippen molar-refractivity contribution in [1.29, 1.82) is 0 Å². The minimum atomic E-state index is -3.97. The first-order chi connectivity index (χ1) is 12.4. The van der Waals surface area contributed by atoms with Gasteiger partial charge in [0.25, 0.3) is 5.91 Å². The van der Waals surface area contributed by atoms with Crippen LogP contribution in [0.25, 0.3) is 0 Å². The topological polar surface area (TPSA) is 91.7 Å². The monoisotopic (exact) mass is 370 g/mol. The molecule has 1 N–H and O–H groups in total. The van der Waals surface area contributed by atoms with E-state index < -0.39 is 16.1 Å². The molecule has 2 aromatic rings. The van der Waals surface area contributed by atoms with Crippen molar-refractivity contribution in [3.05, 3.63) is 77.3 Å². The average molecular weight is 370 g/mol. The first-order valence-corrected chi connectivity index (χ1v) is 9.31. The Balaban J connectivity index is 1.87. The maximum Gasteiger partial charge on any atom is 0.345 e. The second-order valence-electron chi connectivity index (χ2n) is 5.86. The van der Waals surface area contributed by atoms with Crippen LogP contribution in [0.5, 0.6) is 0 Å². The third-order valence-electron chi connectivity index (χ3n) is 3.93. The molecule has 1 amide bonds. The average Bonchev–Trinajstić information content (AvgIpc) is 2.63. The van der Waals surface area contributed by atoms with Crippen LogP contribution in [0.2, 0.25) is 0 Å². The van der Waals surface area contributed by atoms with Crippen LogP contribution < -0.4 is 5.32 Å². The summed E-state index contributed by atoms with van der Waals surface area (Å²) < 4.78 is 29.3. The van der Waals surface area contributed by atoms with Gasteiger partial charge in [-0.3, -0.25) is 9.78 Å². The summed E-state index contributed by atoms with van der Waals surface area (Å²) >= 11 is 0. The smallest absolute Gasteiger partial charge is 0.345 e. The number of hydrogen-bond donors (Lipinski definition) is 1. The Morgan fingerprint density at radius 1 is 1.19 bits per heavy atom. The van der Waals surface area contributed by atoms with Gasteiger partial charge in [-0.05, 0) is 24.6 Å². The number of aryl methyl sites for hydroxylation is 1. The number of nitrogens with zero attached hydrogens (tertiary/aromatic N) is 3. The predicted molar refractivity (Wildman–Crippen MR) is 98.6 cm³/mol. The molecular weight excluding hydrogens is 352 g/mol. The van der Waals surface area contributed by atoms with Gasteiger partial charge in [-0.1, -0.05) is 35.9 Å². The highest BCUT2D eigenvalue weighted by Crippen LogP contribution is 2.20. The molecule has 0 fully saturated rings. The summed E-state index contributed by atoms with van der Waals surface area (Å²) in [7, 11) is -2.66. The van der Waals surface area contributed by atoms with E-state index in [1.165, 1.54) is 13.1 Å². The zero-order valence-corrected chi connectivity index (χ0v) is 15.2. The summed E-state index contributed by atoms with van der Waals surface area (Å²) in [5, 5.41) is 2.71. The molecule has 1 aliphatic heterocycles. The third-order valence-corrected chi connectivity index (χ3v) is 5.24. The Kier molecular flexibility index (Phi) is 4.85. The minimum absolute atomic E-state index is 0.0134. The Morgan fingerprint density at radius 3 is 2.58 bits per heavy atom. The summed E-state index contributed by atoms with van der Waals surface area (Å²) in [6, 6.07) is 10.9. The van der Waals surface area contributed by atoms with Crippen LogP contribution in [0, 0.1) is 6.92 Å². The number of carbonyl (C=O) groups excluding carboxylic acids is 1. The van der Waals surface area contributed by atoms with Gasteiger partial charge >= 0.3 is 10.2 Å². The molecule has 7 nitrogen and oxygen atoms in total. The molecule has 134 valence electrons. The van der Waals surface area contributed by atoms with E-state index in [4.69, 9.17) is 0 Å². The zero-order valence-electron chi connectivity index (χ0n) is 14.4. The Morgan fingerprint density at radius 2 is 1.92 bits per heavy atom. The normalized spacial score (nSPS) is 15.8. The van der Waals surface area contributed by atoms with Crippen LogP contribution in [-0.4, -0.2) is 36.4 Å². The number of nitrogens with one attached hydrogen (secondary N) is 1. The minimum Gasteiger partial charge on any atom is -0.347 e. The third kappa shape index (κ3) is 3.80. The highest BCUT2D eigenvalue weighted by atomic mass is 32.2. The van der Waals surface area contributed by atoms with Gasteiger partial charge in [0.15, 0.2) is 0 Å². The number of amides is 1. The predicted octanol–water partition coefficient (Wildman–Crippen LogP) is 1.57. The molecule has 0 aliphatic carbocycles. The number of benzene rings is 1. The second-order valence-corrected chi connectivity index (χ2v) is 7.49. The first-order valence-electron chi connectivity index (χ1n) is 7.91. The summed E-state index contributed by atoms with van der Waals surface area (Å²) in [5.74, 6) is -0.501. The van der Waals surface area contributed by atoms with E-state index in [9.17, 15) is 13.2 Å². The molecule has 0 saturated heterocycles. The van der Waals surface area contributed by atoms with E-state index >= 15 is 0 Å². The maximum absolute atomic E-state index is 12.5. The summed E-state index contributed by atoms with van der Waals surface area (Å²) in [6.07, 6.45) is 4.75. The summed E-state index contributed by atoms with van der Waals surface area (Å²) in [5.41, 5.74) is 2.73. The fourth-order valence-corrected chi connectivity index (χ4v) is 3.31. The molecule has 1 aromatic heterocycles. The van der Waals surface area contributed by atoms with Gasteiger partial charge < -0.3 is 5.32 Å². The molecular formula is C18H18N4O3S. The maximum atomic E-state index is 12.5. The Hall–Kier alpha value is -3.00.